The minimum Gasteiger partial charge on any atom is -0.481 e. The van der Waals surface area contributed by atoms with E-state index in [1.807, 2.05) is 20.8 Å². The van der Waals surface area contributed by atoms with E-state index in [4.69, 9.17) is 10.8 Å². The van der Waals surface area contributed by atoms with Crippen LogP contribution in [0.5, 0.6) is 0 Å². The Morgan fingerprint density at radius 3 is 2.25 bits per heavy atom. The van der Waals surface area contributed by atoms with Crippen LogP contribution in [0, 0.1) is 5.41 Å². The summed E-state index contributed by atoms with van der Waals surface area (Å²) >= 11 is 0. The van der Waals surface area contributed by atoms with Crippen molar-refractivity contribution in [2.24, 2.45) is 11.1 Å². The molecule has 1 rings (SSSR count). The van der Waals surface area contributed by atoms with Crippen molar-refractivity contribution in [3.05, 3.63) is 0 Å². The van der Waals surface area contributed by atoms with Crippen LogP contribution in [0.1, 0.15) is 40.0 Å². The maximum atomic E-state index is 11.7. The fraction of sp³-hybridized carbons (Fsp3) is 0.818. The largest absolute Gasteiger partial charge is 0.481 e. The van der Waals surface area contributed by atoms with Gasteiger partial charge in [-0.1, -0.05) is 20.8 Å². The van der Waals surface area contributed by atoms with Gasteiger partial charge < -0.3 is 16.2 Å². The first-order chi connectivity index (χ1) is 7.15. The van der Waals surface area contributed by atoms with E-state index in [0.29, 0.717) is 12.8 Å². The molecule has 1 unspecified atom stereocenters. The van der Waals surface area contributed by atoms with Crippen molar-refractivity contribution in [2.45, 2.75) is 51.6 Å². The minimum atomic E-state index is -0.915. The van der Waals surface area contributed by atoms with E-state index in [1.165, 1.54) is 0 Å². The normalized spacial score (nSPS) is 20.0. The molecule has 0 saturated heterocycles. The number of hydrogen-bond acceptors (Lipinski definition) is 3. The molecule has 4 N–H and O–H groups in total. The highest BCUT2D eigenvalue weighted by Crippen LogP contribution is 2.33. The van der Waals surface area contributed by atoms with Gasteiger partial charge in [0.2, 0.25) is 5.91 Å². The highest BCUT2D eigenvalue weighted by atomic mass is 16.4. The number of carbonyl (C=O) groups excluding carboxylic acids is 1. The highest BCUT2D eigenvalue weighted by molar-refractivity contribution is 5.89. The van der Waals surface area contributed by atoms with Crippen LogP contribution >= 0.6 is 0 Å². The van der Waals surface area contributed by atoms with Gasteiger partial charge in [-0.25, -0.2) is 0 Å². The van der Waals surface area contributed by atoms with E-state index in [-0.39, 0.29) is 17.7 Å². The van der Waals surface area contributed by atoms with Crippen LogP contribution in [0.2, 0.25) is 0 Å². The predicted molar refractivity (Wildman–Crippen MR) is 59.8 cm³/mol. The molecule has 1 aliphatic carbocycles. The number of carbonyl (C=O) groups is 2. The molecule has 0 aromatic heterocycles. The molecular weight excluding hydrogens is 208 g/mol. The molecule has 0 spiro atoms. The van der Waals surface area contributed by atoms with E-state index >= 15 is 0 Å². The third kappa shape index (κ3) is 3.20. The van der Waals surface area contributed by atoms with Crippen LogP contribution in [-0.4, -0.2) is 28.6 Å². The Bertz CT molecular complexity index is 303. The maximum Gasteiger partial charge on any atom is 0.305 e. The minimum absolute atomic E-state index is 0.0781. The van der Waals surface area contributed by atoms with Crippen molar-refractivity contribution in [3.63, 3.8) is 0 Å². The standard InChI is InChI=1S/C11H20N2O3/c1-10(2,3)7(6-8(14)15)13-9(16)11(12)4-5-11/h7H,4-6,12H2,1-3H3,(H,13,16)(H,14,15). The average molecular weight is 228 g/mol. The summed E-state index contributed by atoms with van der Waals surface area (Å²) in [5.41, 5.74) is 4.71. The van der Waals surface area contributed by atoms with Crippen molar-refractivity contribution in [1.82, 2.24) is 5.32 Å². The maximum absolute atomic E-state index is 11.7. The number of carboxylic acid groups (broad SMARTS) is 1. The molecule has 0 radical (unpaired) electrons. The van der Waals surface area contributed by atoms with Crippen LogP contribution < -0.4 is 11.1 Å². The van der Waals surface area contributed by atoms with Gasteiger partial charge in [-0.3, -0.25) is 9.59 Å². The molecule has 92 valence electrons. The number of nitrogens with one attached hydrogen (secondary N) is 1. The molecule has 1 saturated carbocycles. The number of rotatable bonds is 4. The lowest BCUT2D eigenvalue weighted by Crippen LogP contribution is -2.52. The van der Waals surface area contributed by atoms with Gasteiger partial charge >= 0.3 is 5.97 Å². The molecule has 0 bridgehead atoms. The average Bonchev–Trinajstić information content (AvgIpc) is 2.81. The first kappa shape index (κ1) is 13.0. The van der Waals surface area contributed by atoms with Crippen LogP contribution in [0.3, 0.4) is 0 Å². The summed E-state index contributed by atoms with van der Waals surface area (Å²) < 4.78 is 0. The Morgan fingerprint density at radius 2 is 1.94 bits per heavy atom. The highest BCUT2D eigenvalue weighted by Gasteiger charge is 2.47. The fourth-order valence-corrected chi connectivity index (χ4v) is 1.41. The Morgan fingerprint density at radius 1 is 1.44 bits per heavy atom. The van der Waals surface area contributed by atoms with Gasteiger partial charge in [0.1, 0.15) is 0 Å². The van der Waals surface area contributed by atoms with Crippen LogP contribution in [0.15, 0.2) is 0 Å². The smallest absolute Gasteiger partial charge is 0.305 e. The van der Waals surface area contributed by atoms with Gasteiger partial charge in [0, 0.05) is 6.04 Å². The van der Waals surface area contributed by atoms with Crippen molar-refractivity contribution in [3.8, 4) is 0 Å². The van der Waals surface area contributed by atoms with Gasteiger partial charge in [-0.05, 0) is 18.3 Å². The summed E-state index contributed by atoms with van der Waals surface area (Å²) in [6.45, 7) is 5.70. The summed E-state index contributed by atoms with van der Waals surface area (Å²) in [6, 6.07) is -0.390. The summed E-state index contributed by atoms with van der Waals surface area (Å²) in [6.07, 6.45) is 1.29. The molecular formula is C11H20N2O3. The van der Waals surface area contributed by atoms with E-state index in [1.54, 1.807) is 0 Å². The quantitative estimate of drug-likeness (QED) is 0.652. The molecule has 0 aliphatic heterocycles. The van der Waals surface area contributed by atoms with Crippen molar-refractivity contribution < 1.29 is 14.7 Å². The Balaban J connectivity index is 2.63. The molecule has 1 amide bonds. The lowest BCUT2D eigenvalue weighted by Gasteiger charge is -2.31. The predicted octanol–water partition coefficient (Wildman–Crippen LogP) is 0.483. The summed E-state index contributed by atoms with van der Waals surface area (Å²) in [5.74, 6) is -1.14. The number of carboxylic acids is 1. The second kappa shape index (κ2) is 4.05. The van der Waals surface area contributed by atoms with Gasteiger partial charge in [0.15, 0.2) is 0 Å². The van der Waals surface area contributed by atoms with E-state index in [2.05, 4.69) is 5.32 Å². The molecule has 0 aromatic carbocycles. The van der Waals surface area contributed by atoms with Gasteiger partial charge in [0.05, 0.1) is 12.0 Å². The van der Waals surface area contributed by atoms with Crippen molar-refractivity contribution in [2.75, 3.05) is 0 Å². The second-order valence-electron chi connectivity index (χ2n) is 5.65. The number of amides is 1. The molecule has 1 atom stereocenters. The first-order valence-electron chi connectivity index (χ1n) is 5.47. The third-order valence-electron chi connectivity index (χ3n) is 2.97. The number of aliphatic carboxylic acids is 1. The molecule has 0 aromatic rings. The summed E-state index contributed by atoms with van der Waals surface area (Å²) in [5, 5.41) is 11.5. The lowest BCUT2D eigenvalue weighted by atomic mass is 9.84. The number of hydrogen-bond donors (Lipinski definition) is 3. The van der Waals surface area contributed by atoms with Crippen molar-refractivity contribution in [1.29, 1.82) is 0 Å². The Kier molecular flexibility index (Phi) is 3.28. The SMILES string of the molecule is CC(C)(C)C(CC(=O)O)NC(=O)C1(N)CC1. The van der Waals surface area contributed by atoms with Crippen LogP contribution in [0.4, 0.5) is 0 Å². The lowest BCUT2D eigenvalue weighted by molar-refractivity contribution is -0.138. The fourth-order valence-electron chi connectivity index (χ4n) is 1.41. The van der Waals surface area contributed by atoms with Gasteiger partial charge in [-0.2, -0.15) is 0 Å². The molecule has 0 heterocycles. The molecule has 16 heavy (non-hydrogen) atoms. The van der Waals surface area contributed by atoms with Crippen molar-refractivity contribution >= 4 is 11.9 Å². The van der Waals surface area contributed by atoms with Crippen LogP contribution in [0.25, 0.3) is 0 Å². The zero-order chi connectivity index (χ0) is 12.6. The Hall–Kier alpha value is -1.10. The van der Waals surface area contributed by atoms with E-state index in [9.17, 15) is 9.59 Å². The topological polar surface area (TPSA) is 92.4 Å². The van der Waals surface area contributed by atoms with Gasteiger partial charge in [-0.15, -0.1) is 0 Å². The van der Waals surface area contributed by atoms with Gasteiger partial charge in [0.25, 0.3) is 0 Å². The second-order valence-corrected chi connectivity index (χ2v) is 5.65. The molecule has 5 heteroatoms. The monoisotopic (exact) mass is 228 g/mol. The molecule has 1 fully saturated rings. The Labute approximate surface area is 95.4 Å². The zero-order valence-corrected chi connectivity index (χ0v) is 10.0. The third-order valence-corrected chi connectivity index (χ3v) is 2.97. The van der Waals surface area contributed by atoms with E-state index < -0.39 is 17.6 Å². The summed E-state index contributed by atoms with van der Waals surface area (Å²) in [7, 11) is 0. The summed E-state index contributed by atoms with van der Waals surface area (Å²) in [4.78, 5) is 22.5. The van der Waals surface area contributed by atoms with E-state index in [0.717, 1.165) is 0 Å². The molecule has 1 aliphatic rings. The first-order valence-corrected chi connectivity index (χ1v) is 5.47. The number of nitrogens with two attached hydrogens (primary N) is 1. The van der Waals surface area contributed by atoms with Crippen LogP contribution in [-0.2, 0) is 9.59 Å². The molecule has 5 nitrogen and oxygen atoms in total. The zero-order valence-electron chi connectivity index (χ0n) is 10.0.